The van der Waals surface area contributed by atoms with Crippen LogP contribution in [0.2, 0.25) is 0 Å². The van der Waals surface area contributed by atoms with Crippen LogP contribution in [-0.2, 0) is 21.7 Å². The van der Waals surface area contributed by atoms with Crippen LogP contribution < -0.4 is 5.32 Å². The van der Waals surface area contributed by atoms with Crippen molar-refractivity contribution >= 4 is 9.84 Å². The van der Waals surface area contributed by atoms with Crippen LogP contribution in [0.5, 0.6) is 0 Å². The zero-order valence-electron chi connectivity index (χ0n) is 11.1. The molecule has 1 N–H and O–H groups in total. The number of likely N-dealkylation sites (N-methyl/N-ethyl adjacent to an activating group) is 1. The van der Waals surface area contributed by atoms with Gasteiger partial charge in [-0.25, -0.2) is 8.42 Å². The standard InChI is InChI=1S/C14H21NO2S/c1-15-10-7-12-3-5-13(6-4-12)14(8-9-14)11-18(2,16)17/h3-6,15H,7-11H2,1-2H3. The number of benzene rings is 1. The largest absolute Gasteiger partial charge is 0.319 e. The SMILES string of the molecule is CNCCc1ccc(C2(CS(C)(=O)=O)CC2)cc1. The Balaban J connectivity index is 2.10. The van der Waals surface area contributed by atoms with Crippen molar-refractivity contribution in [3.05, 3.63) is 35.4 Å². The molecule has 1 fully saturated rings. The minimum atomic E-state index is -2.90. The average Bonchev–Trinajstić information content (AvgIpc) is 3.05. The number of hydrogen-bond acceptors (Lipinski definition) is 3. The third-order valence-corrected chi connectivity index (χ3v) is 4.70. The van der Waals surface area contributed by atoms with E-state index in [9.17, 15) is 8.42 Å². The fraction of sp³-hybridized carbons (Fsp3) is 0.571. The average molecular weight is 267 g/mol. The highest BCUT2D eigenvalue weighted by molar-refractivity contribution is 7.90. The lowest BCUT2D eigenvalue weighted by molar-refractivity contribution is 0.592. The molecule has 0 aliphatic heterocycles. The summed E-state index contributed by atoms with van der Waals surface area (Å²) in [5.41, 5.74) is 2.39. The third-order valence-electron chi connectivity index (χ3n) is 3.62. The summed E-state index contributed by atoms with van der Waals surface area (Å²) in [6.45, 7) is 0.966. The van der Waals surface area contributed by atoms with E-state index in [4.69, 9.17) is 0 Å². The van der Waals surface area contributed by atoms with Crippen LogP contribution in [0.15, 0.2) is 24.3 Å². The van der Waals surface area contributed by atoms with Gasteiger partial charge in [-0.1, -0.05) is 24.3 Å². The summed E-state index contributed by atoms with van der Waals surface area (Å²) in [7, 11) is -0.958. The Morgan fingerprint density at radius 1 is 1.22 bits per heavy atom. The molecule has 1 aromatic carbocycles. The quantitative estimate of drug-likeness (QED) is 0.850. The maximum absolute atomic E-state index is 11.5. The minimum Gasteiger partial charge on any atom is -0.319 e. The molecule has 1 aliphatic carbocycles. The molecule has 0 unspecified atom stereocenters. The Kier molecular flexibility index (Phi) is 3.78. The van der Waals surface area contributed by atoms with Gasteiger partial charge < -0.3 is 5.32 Å². The highest BCUT2D eigenvalue weighted by Crippen LogP contribution is 2.49. The molecule has 0 spiro atoms. The Morgan fingerprint density at radius 2 is 1.83 bits per heavy atom. The summed E-state index contributed by atoms with van der Waals surface area (Å²) < 4.78 is 22.9. The molecule has 1 aromatic rings. The van der Waals surface area contributed by atoms with Gasteiger partial charge in [-0.15, -0.1) is 0 Å². The van der Waals surface area contributed by atoms with Gasteiger partial charge in [0.05, 0.1) is 5.75 Å². The van der Waals surface area contributed by atoms with Gasteiger partial charge in [-0.05, 0) is 44.0 Å². The predicted octanol–water partition coefficient (Wildman–Crippen LogP) is 1.52. The van der Waals surface area contributed by atoms with Gasteiger partial charge in [0.25, 0.3) is 0 Å². The molecule has 4 heteroatoms. The van der Waals surface area contributed by atoms with Crippen molar-refractivity contribution in [2.75, 3.05) is 25.6 Å². The minimum absolute atomic E-state index is 0.0882. The monoisotopic (exact) mass is 267 g/mol. The van der Waals surface area contributed by atoms with E-state index in [-0.39, 0.29) is 11.2 Å². The zero-order valence-corrected chi connectivity index (χ0v) is 11.9. The van der Waals surface area contributed by atoms with Crippen LogP contribution in [0.3, 0.4) is 0 Å². The molecule has 100 valence electrons. The van der Waals surface area contributed by atoms with Crippen LogP contribution in [0, 0.1) is 0 Å². The maximum Gasteiger partial charge on any atom is 0.148 e. The first-order chi connectivity index (χ1) is 8.45. The van der Waals surface area contributed by atoms with Crippen molar-refractivity contribution in [3.63, 3.8) is 0 Å². The summed E-state index contributed by atoms with van der Waals surface area (Å²) in [4.78, 5) is 0. The molecular weight excluding hydrogens is 246 g/mol. The molecule has 3 nitrogen and oxygen atoms in total. The van der Waals surface area contributed by atoms with Crippen LogP contribution in [0.4, 0.5) is 0 Å². The second kappa shape index (κ2) is 5.02. The summed E-state index contributed by atoms with van der Waals surface area (Å²) in [6, 6.07) is 8.44. The van der Waals surface area contributed by atoms with Crippen LogP contribution >= 0.6 is 0 Å². The Hall–Kier alpha value is -0.870. The topological polar surface area (TPSA) is 46.2 Å². The van der Waals surface area contributed by atoms with Crippen molar-refractivity contribution < 1.29 is 8.42 Å². The lowest BCUT2D eigenvalue weighted by Crippen LogP contribution is -2.20. The van der Waals surface area contributed by atoms with Crippen molar-refractivity contribution in [3.8, 4) is 0 Å². The lowest BCUT2D eigenvalue weighted by Gasteiger charge is -2.15. The summed E-state index contributed by atoms with van der Waals surface area (Å²) in [6.07, 6.45) is 4.33. The van der Waals surface area contributed by atoms with Crippen molar-refractivity contribution in [2.45, 2.75) is 24.7 Å². The molecule has 0 heterocycles. The number of rotatable bonds is 6. The lowest BCUT2D eigenvalue weighted by atomic mass is 9.96. The van der Waals surface area contributed by atoms with Gasteiger partial charge >= 0.3 is 0 Å². The molecule has 0 radical (unpaired) electrons. The first-order valence-electron chi connectivity index (χ1n) is 6.37. The number of sulfone groups is 1. The second-order valence-corrected chi connectivity index (χ2v) is 7.54. The highest BCUT2D eigenvalue weighted by atomic mass is 32.2. The van der Waals surface area contributed by atoms with E-state index in [1.165, 1.54) is 17.4 Å². The van der Waals surface area contributed by atoms with Gasteiger partial charge in [0, 0.05) is 11.7 Å². The van der Waals surface area contributed by atoms with Crippen LogP contribution in [-0.4, -0.2) is 34.0 Å². The first kappa shape index (κ1) is 13.6. The summed E-state index contributed by atoms with van der Waals surface area (Å²) in [5, 5.41) is 3.13. The molecule has 2 rings (SSSR count). The van der Waals surface area contributed by atoms with Gasteiger partial charge in [-0.3, -0.25) is 0 Å². The molecule has 0 atom stereocenters. The molecule has 0 amide bonds. The van der Waals surface area contributed by atoms with E-state index < -0.39 is 9.84 Å². The van der Waals surface area contributed by atoms with E-state index in [1.54, 1.807) is 0 Å². The smallest absolute Gasteiger partial charge is 0.148 e. The maximum atomic E-state index is 11.5. The molecule has 1 aliphatic rings. The van der Waals surface area contributed by atoms with E-state index in [0.717, 1.165) is 25.8 Å². The molecule has 18 heavy (non-hydrogen) atoms. The zero-order chi connectivity index (χ0) is 13.2. The second-order valence-electron chi connectivity index (χ2n) is 5.40. The fourth-order valence-corrected chi connectivity index (χ4v) is 3.92. The highest BCUT2D eigenvalue weighted by Gasteiger charge is 2.46. The van der Waals surface area contributed by atoms with E-state index in [0.29, 0.717) is 0 Å². The van der Waals surface area contributed by atoms with Crippen LogP contribution in [0.25, 0.3) is 0 Å². The van der Waals surface area contributed by atoms with E-state index in [1.807, 2.05) is 7.05 Å². The van der Waals surface area contributed by atoms with Crippen LogP contribution in [0.1, 0.15) is 24.0 Å². The number of nitrogens with one attached hydrogen (secondary N) is 1. The number of hydrogen-bond donors (Lipinski definition) is 1. The normalized spacial score (nSPS) is 17.7. The van der Waals surface area contributed by atoms with Gasteiger partial charge in [0.1, 0.15) is 9.84 Å². The van der Waals surface area contributed by atoms with Crippen molar-refractivity contribution in [1.82, 2.24) is 5.32 Å². The first-order valence-corrected chi connectivity index (χ1v) is 8.43. The Labute approximate surface area is 110 Å². The molecular formula is C14H21NO2S. The third kappa shape index (κ3) is 3.33. The van der Waals surface area contributed by atoms with E-state index >= 15 is 0 Å². The molecule has 0 saturated heterocycles. The van der Waals surface area contributed by atoms with Gasteiger partial charge in [-0.2, -0.15) is 0 Å². The summed E-state index contributed by atoms with van der Waals surface area (Å²) in [5.74, 6) is 0.288. The van der Waals surface area contributed by atoms with Gasteiger partial charge in [0.15, 0.2) is 0 Å². The Morgan fingerprint density at radius 3 is 2.28 bits per heavy atom. The van der Waals surface area contributed by atoms with Gasteiger partial charge in [0.2, 0.25) is 0 Å². The molecule has 0 bridgehead atoms. The fourth-order valence-electron chi connectivity index (χ4n) is 2.46. The van der Waals surface area contributed by atoms with Crippen molar-refractivity contribution in [1.29, 1.82) is 0 Å². The molecule has 0 aromatic heterocycles. The van der Waals surface area contributed by atoms with Crippen molar-refractivity contribution in [2.24, 2.45) is 0 Å². The molecule has 1 saturated carbocycles. The predicted molar refractivity (Wildman–Crippen MR) is 74.7 cm³/mol. The Bertz CT molecular complexity index is 501. The van der Waals surface area contributed by atoms with E-state index in [2.05, 4.69) is 29.6 Å². The summed E-state index contributed by atoms with van der Waals surface area (Å²) >= 11 is 0.